The quantitative estimate of drug-likeness (QED) is 0.0794. The number of aromatic hydroxyl groups is 1. The number of β-amino-alcohol motifs (C(OH)–C–C–N with tert-alkyl or cyclic N) is 1. The number of thiazole rings is 1. The van der Waals surface area contributed by atoms with Crippen molar-refractivity contribution >= 4 is 46.2 Å². The summed E-state index contributed by atoms with van der Waals surface area (Å²) in [7, 11) is 0. The molecule has 5 aliphatic rings. The first-order valence-electron chi connectivity index (χ1n) is 26.1. The number of nitrogens with one attached hydrogen (secondary N) is 1. The summed E-state index contributed by atoms with van der Waals surface area (Å²) in [6, 6.07) is 22.6. The number of piperidine rings is 1. The van der Waals surface area contributed by atoms with Crippen molar-refractivity contribution in [3.63, 3.8) is 0 Å². The van der Waals surface area contributed by atoms with E-state index in [4.69, 9.17) is 19.7 Å². The lowest BCUT2D eigenvalue weighted by Crippen LogP contribution is -2.54. The van der Waals surface area contributed by atoms with Crippen LogP contribution in [0.1, 0.15) is 94.7 Å². The average Bonchev–Trinajstić information content (AvgIpc) is 4.20. The van der Waals surface area contributed by atoms with E-state index in [1.54, 1.807) is 23.5 Å². The predicted molar refractivity (Wildman–Crippen MR) is 282 cm³/mol. The third-order valence-corrected chi connectivity index (χ3v) is 16.7. The minimum atomic E-state index is -0.817. The molecule has 5 fully saturated rings. The van der Waals surface area contributed by atoms with Gasteiger partial charge in [0.05, 0.1) is 51.8 Å². The number of aromatic nitrogens is 5. The number of carbonyl (C=O) groups excluding carboxylic acids is 2. The molecule has 6 aromatic rings. The minimum Gasteiger partial charge on any atom is -0.507 e. The van der Waals surface area contributed by atoms with E-state index in [0.29, 0.717) is 34.5 Å². The number of ether oxygens (including phenoxy) is 2. The first kappa shape index (κ1) is 49.4. The minimum absolute atomic E-state index is 0.0293. The van der Waals surface area contributed by atoms with E-state index >= 15 is 0 Å². The molecule has 2 unspecified atom stereocenters. The molecule has 8 heterocycles. The maximum absolute atomic E-state index is 14.4. The van der Waals surface area contributed by atoms with Gasteiger partial charge in [-0.05, 0) is 80.8 Å². The van der Waals surface area contributed by atoms with Crippen LogP contribution in [0.15, 0.2) is 89.0 Å². The highest BCUT2D eigenvalue weighted by Crippen LogP contribution is 2.41. The summed E-state index contributed by atoms with van der Waals surface area (Å²) in [5.74, 6) is 0.888. The Morgan fingerprint density at radius 2 is 1.62 bits per heavy atom. The number of hydrogen-bond donors (Lipinski definition) is 4. The Morgan fingerprint density at radius 1 is 0.865 bits per heavy atom. The summed E-state index contributed by atoms with van der Waals surface area (Å²) >= 11 is 1.59. The second kappa shape index (κ2) is 20.8. The van der Waals surface area contributed by atoms with Gasteiger partial charge in [0.15, 0.2) is 17.4 Å². The maximum Gasteiger partial charge on any atom is 0.243 e. The lowest BCUT2D eigenvalue weighted by molar-refractivity contribution is -0.141. The van der Waals surface area contributed by atoms with E-state index < -0.39 is 18.1 Å². The number of aliphatic hydroxyl groups excluding tert-OH is 1. The Morgan fingerprint density at radius 3 is 2.34 bits per heavy atom. The van der Waals surface area contributed by atoms with Gasteiger partial charge >= 0.3 is 0 Å². The number of phenols is 1. The van der Waals surface area contributed by atoms with Gasteiger partial charge in [0.25, 0.3) is 0 Å². The van der Waals surface area contributed by atoms with Crippen LogP contribution in [-0.2, 0) is 14.3 Å². The van der Waals surface area contributed by atoms with Gasteiger partial charge in [-0.3, -0.25) is 9.59 Å². The Bertz CT molecular complexity index is 2940. The summed E-state index contributed by atoms with van der Waals surface area (Å²) in [5.41, 5.74) is 14.4. The monoisotopic (exact) mass is 1020 g/mol. The van der Waals surface area contributed by atoms with Gasteiger partial charge in [0.2, 0.25) is 17.7 Å². The first-order valence-corrected chi connectivity index (χ1v) is 26.9. The average molecular weight is 1020 g/mol. The van der Waals surface area contributed by atoms with E-state index in [1.165, 1.54) is 4.90 Å². The summed E-state index contributed by atoms with van der Waals surface area (Å²) < 4.78 is 18.9. The zero-order valence-corrected chi connectivity index (χ0v) is 43.1. The van der Waals surface area contributed by atoms with Gasteiger partial charge in [0, 0.05) is 93.7 Å². The molecule has 18 nitrogen and oxygen atoms in total. The van der Waals surface area contributed by atoms with E-state index in [-0.39, 0.29) is 72.9 Å². The molecule has 2 aromatic carbocycles. The molecular formula is C55H65N11O7S. The molecular weight excluding hydrogens is 959 g/mol. The molecule has 0 radical (unpaired) electrons. The summed E-state index contributed by atoms with van der Waals surface area (Å²) in [5, 5.41) is 37.3. The van der Waals surface area contributed by atoms with Crippen LogP contribution in [0.2, 0.25) is 0 Å². The number of hydrogen-bond acceptors (Lipinski definition) is 17. The van der Waals surface area contributed by atoms with E-state index in [0.717, 1.165) is 97.8 Å². The van der Waals surface area contributed by atoms with Crippen molar-refractivity contribution < 1.29 is 33.8 Å². The summed E-state index contributed by atoms with van der Waals surface area (Å²) in [6.45, 7) is 10.9. The topological polar surface area (TPSA) is 222 Å². The molecule has 4 saturated heterocycles. The van der Waals surface area contributed by atoms with Crippen LogP contribution >= 0.6 is 11.3 Å². The van der Waals surface area contributed by atoms with Crippen molar-refractivity contribution in [3.05, 3.63) is 102 Å². The predicted octanol–water partition coefficient (Wildman–Crippen LogP) is 7.28. The second-order valence-electron chi connectivity index (χ2n) is 21.0. The number of likely N-dealkylation sites (tertiary alicyclic amines) is 1. The maximum atomic E-state index is 14.4. The Balaban J connectivity index is 0.642. The zero-order chi connectivity index (χ0) is 51.2. The number of aryl methyl sites for hydroxylation is 1. The third-order valence-electron chi connectivity index (χ3n) is 15.7. The van der Waals surface area contributed by atoms with Crippen LogP contribution in [0.25, 0.3) is 21.7 Å². The number of nitrogens with zero attached hydrogens (tertiary/aromatic N) is 9. The molecule has 11 rings (SSSR count). The Hall–Kier alpha value is -6.83. The number of nitrogen functional groups attached to an aromatic ring is 1. The smallest absolute Gasteiger partial charge is 0.243 e. The third kappa shape index (κ3) is 10.1. The number of aliphatic hydroxyl groups is 1. The molecule has 1 saturated carbocycles. The molecule has 0 spiro atoms. The standard InChI is InChI=1S/C55H65N11O7S/c1-31(2)51(55(70)65-29-39(67)22-46(65)54(69)59-32(3)34-9-11-35(12-10-34)52-33(4)58-30-74-52)48-26-49(62-73-48)63-19-16-40(17-20-63)71-41-23-42(24-41)72-50-21-36(15-18-57-50)66-37-13-14-38(66)28-64(27-37)45-25-44(60-61-53(45)56)43-7-5-6-8-47(43)68/h5-12,15,18,21,25-26,30-32,37-42,46,51,67-68H,13-14,16-17,19-20,22-24,27-29H2,1-4H3,(H2,56,61)(H,59,69)/t32-,37?,38?,39+,41?,42?,46-,51+/m0/s1. The number of phenolic OH excluding ortho intramolecular Hbond substituents is 1. The van der Waals surface area contributed by atoms with E-state index in [1.807, 2.05) is 87.9 Å². The van der Waals surface area contributed by atoms with E-state index in [2.05, 4.69) is 57.5 Å². The molecule has 5 N–H and O–H groups in total. The number of piperazine rings is 1. The fourth-order valence-corrected chi connectivity index (χ4v) is 12.5. The van der Waals surface area contributed by atoms with Crippen LogP contribution in [0.5, 0.6) is 11.6 Å². The number of fused-ring (bicyclic) bond motifs is 2. The largest absolute Gasteiger partial charge is 0.507 e. The van der Waals surface area contributed by atoms with E-state index in [9.17, 15) is 19.8 Å². The number of amides is 2. The van der Waals surface area contributed by atoms with Gasteiger partial charge in [0.1, 0.15) is 23.8 Å². The lowest BCUT2D eigenvalue weighted by atomic mass is 9.91. The first-order chi connectivity index (χ1) is 35.8. The molecule has 388 valence electrons. The highest BCUT2D eigenvalue weighted by atomic mass is 32.1. The highest BCUT2D eigenvalue weighted by Gasteiger charge is 2.45. The van der Waals surface area contributed by atoms with Crippen molar-refractivity contribution in [2.45, 2.75) is 127 Å². The number of para-hydroxylation sites is 1. The molecule has 19 heteroatoms. The van der Waals surface area contributed by atoms with Crippen molar-refractivity contribution in [2.24, 2.45) is 5.92 Å². The summed E-state index contributed by atoms with van der Waals surface area (Å²) in [6.07, 6.45) is 6.82. The Kier molecular flexibility index (Phi) is 13.9. The molecule has 74 heavy (non-hydrogen) atoms. The lowest BCUT2D eigenvalue weighted by Gasteiger charge is -2.43. The molecule has 1 aliphatic carbocycles. The van der Waals surface area contributed by atoms with Gasteiger partial charge in [-0.1, -0.05) is 55.4 Å². The number of pyridine rings is 1. The Labute approximate surface area is 434 Å². The fourth-order valence-electron chi connectivity index (χ4n) is 11.7. The SMILES string of the molecule is Cc1ncsc1-c1ccc([C@H](C)NC(=O)[C@@H]2C[C@@H](O)CN2C(=O)[C@@H](c2cc(N3CCC(OC4CC(Oc5cc(N6C7CCC6CN(c6cc(-c8ccccc8O)nnc6N)C7)ccn5)C4)CC3)no2)C(C)C)cc1. The molecule has 6 atom stereocenters. The van der Waals surface area contributed by atoms with Crippen LogP contribution in [-0.4, -0.2) is 128 Å². The normalized spacial score (nSPS) is 23.8. The second-order valence-corrected chi connectivity index (χ2v) is 21.9. The number of nitrogens with two attached hydrogens (primary N) is 1. The van der Waals surface area contributed by atoms with Crippen LogP contribution in [0.3, 0.4) is 0 Å². The zero-order valence-electron chi connectivity index (χ0n) is 42.3. The molecule has 4 aliphatic heterocycles. The highest BCUT2D eigenvalue weighted by molar-refractivity contribution is 7.13. The number of rotatable bonds is 15. The van der Waals surface area contributed by atoms with Gasteiger partial charge in [-0.25, -0.2) is 9.97 Å². The number of carbonyl (C=O) groups is 2. The molecule has 2 amide bonds. The van der Waals surface area contributed by atoms with Crippen molar-refractivity contribution in [1.29, 1.82) is 0 Å². The fraction of sp³-hybridized carbons (Fsp3) is 0.473. The van der Waals surface area contributed by atoms with Crippen LogP contribution < -0.4 is 30.5 Å². The summed E-state index contributed by atoms with van der Waals surface area (Å²) in [4.78, 5) is 46.8. The number of anilines is 4. The van der Waals surface area contributed by atoms with Gasteiger partial charge in [-0.2, -0.15) is 0 Å². The van der Waals surface area contributed by atoms with Gasteiger partial charge in [-0.15, -0.1) is 21.5 Å². The van der Waals surface area contributed by atoms with Crippen LogP contribution in [0.4, 0.5) is 23.0 Å². The van der Waals surface area contributed by atoms with Crippen molar-refractivity contribution in [1.82, 2.24) is 35.5 Å². The van der Waals surface area contributed by atoms with Crippen LogP contribution in [0, 0.1) is 12.8 Å². The molecule has 2 bridgehead atoms. The van der Waals surface area contributed by atoms with Gasteiger partial charge < -0.3 is 54.9 Å². The number of benzene rings is 2. The van der Waals surface area contributed by atoms with Crippen molar-refractivity contribution in [3.8, 4) is 33.3 Å². The molecule has 4 aromatic heterocycles. The van der Waals surface area contributed by atoms with Crippen molar-refractivity contribution in [2.75, 3.05) is 53.2 Å².